The Labute approximate surface area is 142 Å². The van der Waals surface area contributed by atoms with E-state index in [1.807, 2.05) is 29.5 Å². The third-order valence-corrected chi connectivity index (χ3v) is 4.38. The van der Waals surface area contributed by atoms with Crippen molar-refractivity contribution in [3.63, 3.8) is 0 Å². The fraction of sp³-hybridized carbons (Fsp3) is 0.462. The lowest BCUT2D eigenvalue weighted by Crippen LogP contribution is -2.52. The molecule has 1 fully saturated rings. The van der Waals surface area contributed by atoms with Crippen molar-refractivity contribution in [2.24, 2.45) is 0 Å². The summed E-state index contributed by atoms with van der Waals surface area (Å²) in [6.45, 7) is 3.02. The molecule has 1 aromatic carbocycles. The van der Waals surface area contributed by atoms with Gasteiger partial charge in [0, 0.05) is 27.8 Å². The first-order valence-corrected chi connectivity index (χ1v) is 7.55. The number of non-ortho nitro benzene ring substituents is 1. The largest absolute Gasteiger partial charge is 0.348 e. The summed E-state index contributed by atoms with van der Waals surface area (Å²) >= 11 is 1.95. The number of nitro benzene ring substituents is 1. The highest BCUT2D eigenvalue weighted by Gasteiger charge is 2.24. The average Bonchev–Trinajstić information content (AvgIpc) is 2.41. The molecule has 0 aromatic heterocycles. The molecule has 2 N–H and O–H groups in total. The van der Waals surface area contributed by atoms with Crippen LogP contribution in [0.1, 0.15) is 30.1 Å². The predicted molar refractivity (Wildman–Crippen MR) is 91.0 cm³/mol. The SMILES string of the molecule is CC1NCCCC1NC(=O)c1ccc([N+](=O)[O-])cc1I.Cl. The van der Waals surface area contributed by atoms with E-state index in [2.05, 4.69) is 10.6 Å². The van der Waals surface area contributed by atoms with Gasteiger partial charge in [0.2, 0.25) is 0 Å². The van der Waals surface area contributed by atoms with Crippen LogP contribution in [0.5, 0.6) is 0 Å². The van der Waals surface area contributed by atoms with Crippen LogP contribution in [-0.4, -0.2) is 29.5 Å². The van der Waals surface area contributed by atoms with Gasteiger partial charge in [-0.25, -0.2) is 0 Å². The minimum Gasteiger partial charge on any atom is -0.348 e. The quantitative estimate of drug-likeness (QED) is 0.443. The molecule has 2 rings (SSSR count). The van der Waals surface area contributed by atoms with Gasteiger partial charge >= 0.3 is 0 Å². The number of nitrogens with one attached hydrogen (secondary N) is 2. The van der Waals surface area contributed by atoms with Crippen LogP contribution in [-0.2, 0) is 0 Å². The van der Waals surface area contributed by atoms with E-state index >= 15 is 0 Å². The lowest BCUT2D eigenvalue weighted by atomic mass is 9.99. The first kappa shape index (κ1) is 18.1. The number of carbonyl (C=O) groups is 1. The summed E-state index contributed by atoms with van der Waals surface area (Å²) in [6.07, 6.45) is 1.98. The summed E-state index contributed by atoms with van der Waals surface area (Å²) < 4.78 is 0.589. The number of piperidine rings is 1. The zero-order valence-corrected chi connectivity index (χ0v) is 14.4. The molecule has 0 bridgehead atoms. The van der Waals surface area contributed by atoms with E-state index in [0.717, 1.165) is 19.4 Å². The van der Waals surface area contributed by atoms with E-state index in [4.69, 9.17) is 0 Å². The third-order valence-electron chi connectivity index (χ3n) is 3.49. The normalized spacial score (nSPS) is 21.2. The number of nitro groups is 1. The molecule has 8 heteroatoms. The van der Waals surface area contributed by atoms with Crippen molar-refractivity contribution >= 4 is 46.6 Å². The van der Waals surface area contributed by atoms with Gasteiger partial charge in [-0.1, -0.05) is 0 Å². The van der Waals surface area contributed by atoms with Gasteiger partial charge in [-0.15, -0.1) is 12.4 Å². The molecule has 116 valence electrons. The van der Waals surface area contributed by atoms with Crippen molar-refractivity contribution in [2.45, 2.75) is 31.8 Å². The highest BCUT2D eigenvalue weighted by atomic mass is 127. The summed E-state index contributed by atoms with van der Waals surface area (Å²) in [6, 6.07) is 4.62. The summed E-state index contributed by atoms with van der Waals surface area (Å²) in [5.41, 5.74) is 0.479. The van der Waals surface area contributed by atoms with Crippen LogP contribution in [0.4, 0.5) is 5.69 Å². The van der Waals surface area contributed by atoms with E-state index in [0.29, 0.717) is 9.13 Å². The minimum atomic E-state index is -0.461. The summed E-state index contributed by atoms with van der Waals surface area (Å²) in [7, 11) is 0. The van der Waals surface area contributed by atoms with Gasteiger partial charge < -0.3 is 10.6 Å². The average molecular weight is 426 g/mol. The van der Waals surface area contributed by atoms with Gasteiger partial charge in [-0.3, -0.25) is 14.9 Å². The van der Waals surface area contributed by atoms with Crippen LogP contribution >= 0.6 is 35.0 Å². The minimum absolute atomic E-state index is 0. The maximum Gasteiger partial charge on any atom is 0.270 e. The molecular weight excluding hydrogens is 409 g/mol. The Balaban J connectivity index is 0.00000220. The van der Waals surface area contributed by atoms with Crippen LogP contribution < -0.4 is 10.6 Å². The number of carbonyl (C=O) groups excluding carboxylic acids is 1. The van der Waals surface area contributed by atoms with E-state index < -0.39 is 4.92 Å². The second kappa shape index (κ2) is 7.90. The fourth-order valence-corrected chi connectivity index (χ4v) is 3.03. The first-order chi connectivity index (χ1) is 9.49. The van der Waals surface area contributed by atoms with Crippen molar-refractivity contribution in [2.75, 3.05) is 6.54 Å². The summed E-state index contributed by atoms with van der Waals surface area (Å²) in [5.74, 6) is -0.176. The Bertz CT molecular complexity index is 541. The number of benzene rings is 1. The number of hydrogen-bond donors (Lipinski definition) is 2. The number of nitrogens with zero attached hydrogens (tertiary/aromatic N) is 1. The second-order valence-corrected chi connectivity index (χ2v) is 6.05. The molecule has 1 saturated heterocycles. The maximum atomic E-state index is 12.2. The van der Waals surface area contributed by atoms with Gasteiger partial charge in [0.15, 0.2) is 0 Å². The Morgan fingerprint density at radius 3 is 2.81 bits per heavy atom. The lowest BCUT2D eigenvalue weighted by molar-refractivity contribution is -0.384. The molecular formula is C13H17ClIN3O3. The van der Waals surface area contributed by atoms with Crippen molar-refractivity contribution in [1.29, 1.82) is 0 Å². The van der Waals surface area contributed by atoms with Gasteiger partial charge in [0.1, 0.15) is 0 Å². The van der Waals surface area contributed by atoms with E-state index in [-0.39, 0.29) is 36.1 Å². The molecule has 0 aliphatic carbocycles. The highest BCUT2D eigenvalue weighted by Crippen LogP contribution is 2.20. The van der Waals surface area contributed by atoms with Gasteiger partial charge in [0.25, 0.3) is 11.6 Å². The van der Waals surface area contributed by atoms with Crippen LogP contribution in [0.3, 0.4) is 0 Å². The van der Waals surface area contributed by atoms with Crippen molar-refractivity contribution in [1.82, 2.24) is 10.6 Å². The van der Waals surface area contributed by atoms with Crippen LogP contribution in [0.25, 0.3) is 0 Å². The summed E-state index contributed by atoms with van der Waals surface area (Å²) in [5, 5.41) is 17.0. The molecule has 1 aliphatic heterocycles. The Kier molecular flexibility index (Phi) is 6.82. The van der Waals surface area contributed by atoms with Gasteiger partial charge in [0.05, 0.1) is 10.5 Å². The van der Waals surface area contributed by atoms with Crippen molar-refractivity contribution < 1.29 is 9.72 Å². The van der Waals surface area contributed by atoms with Crippen LogP contribution in [0.15, 0.2) is 18.2 Å². The Morgan fingerprint density at radius 1 is 1.52 bits per heavy atom. The monoisotopic (exact) mass is 425 g/mol. The van der Waals surface area contributed by atoms with Crippen molar-refractivity contribution in [3.8, 4) is 0 Å². The highest BCUT2D eigenvalue weighted by molar-refractivity contribution is 14.1. The topological polar surface area (TPSA) is 84.3 Å². The molecule has 1 heterocycles. The van der Waals surface area contributed by atoms with E-state index in [1.165, 1.54) is 18.2 Å². The molecule has 1 aliphatic rings. The zero-order chi connectivity index (χ0) is 14.7. The molecule has 0 saturated carbocycles. The molecule has 1 aromatic rings. The Hall–Kier alpha value is -0.930. The molecule has 6 nitrogen and oxygen atoms in total. The maximum absolute atomic E-state index is 12.2. The fourth-order valence-electron chi connectivity index (χ4n) is 2.29. The molecule has 2 unspecified atom stereocenters. The lowest BCUT2D eigenvalue weighted by Gasteiger charge is -2.30. The molecule has 0 spiro atoms. The van der Waals surface area contributed by atoms with Crippen LogP contribution in [0, 0.1) is 13.7 Å². The van der Waals surface area contributed by atoms with Crippen LogP contribution in [0.2, 0.25) is 0 Å². The molecule has 0 radical (unpaired) electrons. The molecule has 1 amide bonds. The molecule has 21 heavy (non-hydrogen) atoms. The van der Waals surface area contributed by atoms with E-state index in [1.54, 1.807) is 0 Å². The third kappa shape index (κ3) is 4.52. The molecule has 2 atom stereocenters. The standard InChI is InChI=1S/C13H16IN3O3.ClH/c1-8-12(3-2-6-15-8)16-13(18)10-5-4-9(17(19)20)7-11(10)14;/h4-5,7-8,12,15H,2-3,6H2,1H3,(H,16,18);1H. The Morgan fingerprint density at radius 2 is 2.24 bits per heavy atom. The predicted octanol–water partition coefficient (Wildman–Crippen LogP) is 2.49. The zero-order valence-electron chi connectivity index (χ0n) is 11.5. The van der Waals surface area contributed by atoms with Crippen molar-refractivity contribution in [3.05, 3.63) is 37.4 Å². The number of rotatable bonds is 3. The number of hydrogen-bond acceptors (Lipinski definition) is 4. The first-order valence-electron chi connectivity index (χ1n) is 6.47. The van der Waals surface area contributed by atoms with Gasteiger partial charge in [-0.2, -0.15) is 0 Å². The number of halogens is 2. The second-order valence-electron chi connectivity index (χ2n) is 4.89. The van der Waals surface area contributed by atoms with E-state index in [9.17, 15) is 14.9 Å². The number of amides is 1. The van der Waals surface area contributed by atoms with Gasteiger partial charge in [-0.05, 0) is 55.0 Å². The summed E-state index contributed by atoms with van der Waals surface area (Å²) in [4.78, 5) is 22.5. The smallest absolute Gasteiger partial charge is 0.270 e.